The fourth-order valence-electron chi connectivity index (χ4n) is 3.98. The summed E-state index contributed by atoms with van der Waals surface area (Å²) in [6.45, 7) is 3.02. The van der Waals surface area contributed by atoms with Crippen LogP contribution in [0.3, 0.4) is 0 Å². The van der Waals surface area contributed by atoms with Crippen molar-refractivity contribution in [3.05, 3.63) is 53.3 Å². The van der Waals surface area contributed by atoms with E-state index in [1.165, 1.54) is 12.0 Å². The van der Waals surface area contributed by atoms with Crippen molar-refractivity contribution in [2.75, 3.05) is 31.1 Å². The van der Waals surface area contributed by atoms with Gasteiger partial charge in [0.2, 0.25) is 0 Å². The molecular formula is C20H21N5O. The van der Waals surface area contributed by atoms with E-state index in [0.29, 0.717) is 13.1 Å². The minimum atomic E-state index is 0.104. The van der Waals surface area contributed by atoms with Crippen LogP contribution in [0.5, 0.6) is 0 Å². The first-order chi connectivity index (χ1) is 12.8. The molecule has 1 N–H and O–H groups in total. The van der Waals surface area contributed by atoms with E-state index in [1.807, 2.05) is 35.4 Å². The standard InChI is InChI=1S/C20H21N5O/c26-20(16-4-5-17-15(12-16)6-7-21-17)25-10-8-24(9-11-25)19-13-14-2-1-3-18(14)22-23-19/h4-7,12-13,21H,1-3,8-11H2. The number of nitrogens with zero attached hydrogens (tertiary/aromatic N) is 4. The number of anilines is 1. The molecule has 0 bridgehead atoms. The van der Waals surface area contributed by atoms with Gasteiger partial charge in [0.05, 0.1) is 5.69 Å². The van der Waals surface area contributed by atoms with Gasteiger partial charge in [-0.2, -0.15) is 5.10 Å². The highest BCUT2D eigenvalue weighted by Gasteiger charge is 2.24. The molecule has 3 heterocycles. The van der Waals surface area contributed by atoms with E-state index in [-0.39, 0.29) is 5.91 Å². The summed E-state index contributed by atoms with van der Waals surface area (Å²) in [6, 6.07) is 10.0. The molecule has 1 saturated heterocycles. The third kappa shape index (κ3) is 2.62. The van der Waals surface area contributed by atoms with Crippen LogP contribution in [-0.4, -0.2) is 52.2 Å². The quantitative estimate of drug-likeness (QED) is 0.773. The molecule has 0 atom stereocenters. The average Bonchev–Trinajstić information content (AvgIpc) is 3.35. The van der Waals surface area contributed by atoms with Crippen LogP contribution in [0.15, 0.2) is 36.5 Å². The van der Waals surface area contributed by atoms with Crippen LogP contribution >= 0.6 is 0 Å². The van der Waals surface area contributed by atoms with E-state index in [1.54, 1.807) is 0 Å². The number of aryl methyl sites for hydroxylation is 2. The molecule has 5 rings (SSSR count). The smallest absolute Gasteiger partial charge is 0.253 e. The molecule has 0 saturated carbocycles. The molecule has 2 aromatic heterocycles. The van der Waals surface area contributed by atoms with Crippen LogP contribution in [0.4, 0.5) is 5.82 Å². The van der Waals surface area contributed by atoms with Gasteiger partial charge in [0.25, 0.3) is 5.91 Å². The molecule has 1 aromatic carbocycles. The molecule has 1 amide bonds. The summed E-state index contributed by atoms with van der Waals surface area (Å²) < 4.78 is 0. The van der Waals surface area contributed by atoms with Gasteiger partial charge < -0.3 is 14.8 Å². The summed E-state index contributed by atoms with van der Waals surface area (Å²) in [5.41, 5.74) is 4.31. The molecule has 1 fully saturated rings. The van der Waals surface area contributed by atoms with Crippen molar-refractivity contribution in [2.24, 2.45) is 0 Å². The molecule has 0 unspecified atom stereocenters. The lowest BCUT2D eigenvalue weighted by Gasteiger charge is -2.35. The Labute approximate surface area is 151 Å². The molecule has 3 aromatic rings. The van der Waals surface area contributed by atoms with E-state index in [4.69, 9.17) is 0 Å². The SMILES string of the molecule is O=C(c1ccc2[nH]ccc2c1)N1CCN(c2cc3c(nn2)CCC3)CC1. The maximum Gasteiger partial charge on any atom is 0.253 e. The van der Waals surface area contributed by atoms with E-state index >= 15 is 0 Å². The molecule has 6 heteroatoms. The van der Waals surface area contributed by atoms with Gasteiger partial charge >= 0.3 is 0 Å². The van der Waals surface area contributed by atoms with Crippen LogP contribution in [0.25, 0.3) is 10.9 Å². The number of carbonyl (C=O) groups is 1. The van der Waals surface area contributed by atoms with E-state index in [2.05, 4.69) is 26.1 Å². The van der Waals surface area contributed by atoms with Crippen LogP contribution in [0.2, 0.25) is 0 Å². The fraction of sp³-hybridized carbons (Fsp3) is 0.350. The first kappa shape index (κ1) is 15.4. The molecule has 0 radical (unpaired) electrons. The number of carbonyl (C=O) groups excluding carboxylic acids is 1. The molecule has 0 spiro atoms. The minimum Gasteiger partial charge on any atom is -0.361 e. The van der Waals surface area contributed by atoms with Crippen molar-refractivity contribution in [3.8, 4) is 0 Å². The summed E-state index contributed by atoms with van der Waals surface area (Å²) in [6.07, 6.45) is 5.24. The van der Waals surface area contributed by atoms with E-state index < -0.39 is 0 Å². The number of hydrogen-bond acceptors (Lipinski definition) is 4. The Balaban J connectivity index is 1.28. The number of piperazine rings is 1. The molecule has 2 aliphatic rings. The topological polar surface area (TPSA) is 65.1 Å². The lowest BCUT2D eigenvalue weighted by molar-refractivity contribution is 0.0746. The lowest BCUT2D eigenvalue weighted by Crippen LogP contribution is -2.49. The van der Waals surface area contributed by atoms with Gasteiger partial charge in [-0.05, 0) is 55.2 Å². The molecule has 6 nitrogen and oxygen atoms in total. The molecule has 26 heavy (non-hydrogen) atoms. The Morgan fingerprint density at radius 1 is 1.00 bits per heavy atom. The molecular weight excluding hydrogens is 326 g/mol. The number of benzene rings is 1. The third-order valence-electron chi connectivity index (χ3n) is 5.50. The maximum atomic E-state index is 12.8. The summed E-state index contributed by atoms with van der Waals surface area (Å²) in [7, 11) is 0. The average molecular weight is 347 g/mol. The second-order valence-electron chi connectivity index (χ2n) is 7.09. The Morgan fingerprint density at radius 2 is 1.88 bits per heavy atom. The highest BCUT2D eigenvalue weighted by atomic mass is 16.2. The summed E-state index contributed by atoms with van der Waals surface area (Å²) >= 11 is 0. The minimum absolute atomic E-state index is 0.104. The number of fused-ring (bicyclic) bond motifs is 2. The van der Waals surface area contributed by atoms with Gasteiger partial charge in [-0.15, -0.1) is 5.10 Å². The van der Waals surface area contributed by atoms with Gasteiger partial charge in [0.15, 0.2) is 5.82 Å². The molecule has 132 valence electrons. The van der Waals surface area contributed by atoms with Gasteiger partial charge in [0, 0.05) is 48.8 Å². The number of nitrogens with one attached hydrogen (secondary N) is 1. The largest absolute Gasteiger partial charge is 0.361 e. The fourth-order valence-corrected chi connectivity index (χ4v) is 3.98. The van der Waals surface area contributed by atoms with Crippen LogP contribution < -0.4 is 4.90 Å². The predicted molar refractivity (Wildman–Crippen MR) is 100 cm³/mol. The van der Waals surface area contributed by atoms with E-state index in [9.17, 15) is 4.79 Å². The zero-order valence-corrected chi connectivity index (χ0v) is 14.6. The van der Waals surface area contributed by atoms with Crippen molar-refractivity contribution in [3.63, 3.8) is 0 Å². The molecule has 1 aliphatic heterocycles. The number of H-pyrrole nitrogens is 1. The second-order valence-corrected chi connectivity index (χ2v) is 7.09. The number of hydrogen-bond donors (Lipinski definition) is 1. The van der Waals surface area contributed by atoms with Gasteiger partial charge in [-0.3, -0.25) is 4.79 Å². The highest BCUT2D eigenvalue weighted by Crippen LogP contribution is 2.24. The van der Waals surface area contributed by atoms with E-state index in [0.717, 1.165) is 53.9 Å². The first-order valence-corrected chi connectivity index (χ1v) is 9.25. The van der Waals surface area contributed by atoms with Crippen molar-refractivity contribution >= 4 is 22.6 Å². The van der Waals surface area contributed by atoms with Gasteiger partial charge in [0.1, 0.15) is 0 Å². The molecule has 1 aliphatic carbocycles. The lowest BCUT2D eigenvalue weighted by atomic mass is 10.1. The normalized spacial score (nSPS) is 16.9. The van der Waals surface area contributed by atoms with Gasteiger partial charge in [-0.25, -0.2) is 0 Å². The second kappa shape index (κ2) is 6.12. The van der Waals surface area contributed by atoms with Crippen molar-refractivity contribution in [1.29, 1.82) is 0 Å². The van der Waals surface area contributed by atoms with Gasteiger partial charge in [-0.1, -0.05) is 0 Å². The zero-order valence-electron chi connectivity index (χ0n) is 14.6. The number of aromatic amines is 1. The summed E-state index contributed by atoms with van der Waals surface area (Å²) in [4.78, 5) is 20.2. The first-order valence-electron chi connectivity index (χ1n) is 9.25. The van der Waals surface area contributed by atoms with Crippen molar-refractivity contribution in [2.45, 2.75) is 19.3 Å². The summed E-state index contributed by atoms with van der Waals surface area (Å²) in [5, 5.41) is 9.86. The maximum absolute atomic E-state index is 12.8. The number of amides is 1. The summed E-state index contributed by atoms with van der Waals surface area (Å²) in [5.74, 6) is 1.05. The zero-order chi connectivity index (χ0) is 17.5. The predicted octanol–water partition coefficient (Wildman–Crippen LogP) is 2.41. The Morgan fingerprint density at radius 3 is 2.77 bits per heavy atom. The Bertz CT molecular complexity index is 971. The monoisotopic (exact) mass is 347 g/mol. The third-order valence-corrected chi connectivity index (χ3v) is 5.50. The van der Waals surface area contributed by atoms with Crippen molar-refractivity contribution < 1.29 is 4.79 Å². The number of rotatable bonds is 2. The van der Waals surface area contributed by atoms with Crippen molar-refractivity contribution in [1.82, 2.24) is 20.1 Å². The number of aromatic nitrogens is 3. The van der Waals surface area contributed by atoms with Crippen LogP contribution in [-0.2, 0) is 12.8 Å². The Kier molecular flexibility index (Phi) is 3.62. The Hall–Kier alpha value is -2.89. The van der Waals surface area contributed by atoms with Crippen LogP contribution in [0.1, 0.15) is 28.0 Å². The van der Waals surface area contributed by atoms with Crippen LogP contribution in [0, 0.1) is 0 Å². The highest BCUT2D eigenvalue weighted by molar-refractivity contribution is 5.98.